The van der Waals surface area contributed by atoms with Crippen LogP contribution >= 0.6 is 0 Å². The van der Waals surface area contributed by atoms with E-state index in [1.807, 2.05) is 98.1 Å². The second kappa shape index (κ2) is 33.7. The Hall–Kier alpha value is -19.0. The largest absolute Gasteiger partial charge is 0.309 e. The summed E-state index contributed by atoms with van der Waals surface area (Å²) >= 11 is 0. The van der Waals surface area contributed by atoms with Crippen molar-refractivity contribution >= 4 is 131 Å². The summed E-state index contributed by atoms with van der Waals surface area (Å²) in [5, 5.41) is 14.4. The summed E-state index contributed by atoms with van der Waals surface area (Å²) < 4.78 is 13.5. The summed E-state index contributed by atoms with van der Waals surface area (Å²) in [6, 6.07) is 150. The Morgan fingerprint density at radius 3 is 0.761 bits per heavy atom. The van der Waals surface area contributed by atoms with Crippen molar-refractivity contribution in [2.45, 2.75) is 0 Å². The lowest BCUT2D eigenvalue weighted by atomic mass is 10.0. The van der Waals surface area contributed by atoms with Gasteiger partial charge in [0.2, 0.25) is 5.95 Å². The third-order valence-corrected chi connectivity index (χ3v) is 26.6. The fraction of sp³-hybridized carbons (Fsp3) is 0. The second-order valence-corrected chi connectivity index (χ2v) is 34.5. The van der Waals surface area contributed by atoms with Crippen LogP contribution in [0.15, 0.2) is 480 Å². The van der Waals surface area contributed by atoms with Crippen molar-refractivity contribution in [1.82, 2.24) is 72.3 Å². The molecule has 15 heteroatoms. The fourth-order valence-electron chi connectivity index (χ4n) is 20.3. The molecule has 28 rings (SSSR count). The predicted molar refractivity (Wildman–Crippen MR) is 564 cm³/mol. The number of hydrogen-bond donors (Lipinski definition) is 0. The van der Waals surface area contributed by atoms with Gasteiger partial charge in [0.1, 0.15) is 0 Å². The molecule has 0 saturated carbocycles. The molecule has 12 heterocycles. The zero-order valence-corrected chi connectivity index (χ0v) is 74.3. The van der Waals surface area contributed by atoms with Crippen molar-refractivity contribution in [3.63, 3.8) is 0 Å². The van der Waals surface area contributed by atoms with E-state index >= 15 is 0 Å². The minimum Gasteiger partial charge on any atom is -0.309 e. The first-order valence-corrected chi connectivity index (χ1v) is 46.2. The first-order valence-electron chi connectivity index (χ1n) is 46.2. The molecular formula is C123H79N15. The highest BCUT2D eigenvalue weighted by Crippen LogP contribution is 2.44. The van der Waals surface area contributed by atoms with E-state index in [1.54, 1.807) is 0 Å². The molecule has 0 atom stereocenters. The van der Waals surface area contributed by atoms with Crippen molar-refractivity contribution in [3.8, 4) is 113 Å². The first kappa shape index (κ1) is 79.9. The van der Waals surface area contributed by atoms with Crippen LogP contribution < -0.4 is 0 Å². The summed E-state index contributed by atoms with van der Waals surface area (Å²) in [6.07, 6.45) is 15.4. The van der Waals surface area contributed by atoms with E-state index in [0.717, 1.165) is 156 Å². The van der Waals surface area contributed by atoms with Crippen molar-refractivity contribution in [1.29, 1.82) is 0 Å². The third kappa shape index (κ3) is 13.8. The van der Waals surface area contributed by atoms with Gasteiger partial charge in [0.25, 0.3) is 0 Å². The number of hydrogen-bond acceptors (Lipinski definition) is 9. The molecule has 16 aromatic carbocycles. The fourth-order valence-corrected chi connectivity index (χ4v) is 20.3. The number of para-hydroxylation sites is 9. The molecule has 646 valence electrons. The maximum atomic E-state index is 5.29. The average Bonchev–Trinajstić information content (AvgIpc) is 1.76. The Morgan fingerprint density at radius 2 is 0.406 bits per heavy atom. The lowest BCUT2D eigenvalue weighted by Gasteiger charge is -2.13. The maximum absolute atomic E-state index is 5.29. The van der Waals surface area contributed by atoms with E-state index in [9.17, 15) is 0 Å². The van der Waals surface area contributed by atoms with Gasteiger partial charge < -0.3 is 22.8 Å². The monoisotopic (exact) mass is 1770 g/mol. The minimum atomic E-state index is 0.621. The second-order valence-electron chi connectivity index (χ2n) is 34.5. The standard InChI is InChI=1S/C45H29N5.2C39H25N5/c1-3-13-30(14-4-1)39-27-38-37-19-9-12-22-42(37)50(44(38)43(48-39)31-15-5-2-6-16-31)34-28-46-45(47-29-34)32-23-25-33(26-24-32)49-40-20-10-7-17-35(40)36-18-8-11-21-41(36)49;1-2-10-27(11-3-1)34-22-33-32-14-6-9-17-37(32)44(38(33)25-40-34)39-41-23-28(24-42-39)26-18-20-29(21-19-26)43-35-15-7-4-12-30(35)31-13-5-8-16-36(31)43;1-2-10-26(11-3-1)34-22-33-32-14-6-9-17-37(32)44(38(33)25-40-34)29-23-41-39(42-24-29)27-18-20-28(21-19-27)43-35-15-7-4-12-30(35)31-13-5-8-16-36(31)43/h1-29H;2*1-25H. The van der Waals surface area contributed by atoms with Gasteiger partial charge in [0, 0.05) is 133 Å². The van der Waals surface area contributed by atoms with Gasteiger partial charge in [0.15, 0.2) is 11.6 Å². The van der Waals surface area contributed by atoms with Crippen LogP contribution in [0.1, 0.15) is 0 Å². The van der Waals surface area contributed by atoms with Crippen molar-refractivity contribution in [2.24, 2.45) is 0 Å². The molecule has 0 aliphatic rings. The Bertz CT molecular complexity index is 9010. The van der Waals surface area contributed by atoms with Gasteiger partial charge in [-0.25, -0.2) is 34.9 Å². The average molecular weight is 1770 g/mol. The van der Waals surface area contributed by atoms with Gasteiger partial charge in [-0.1, -0.05) is 297 Å². The van der Waals surface area contributed by atoms with Gasteiger partial charge >= 0.3 is 0 Å². The number of fused-ring (bicyclic) bond motifs is 18. The van der Waals surface area contributed by atoms with Crippen LogP contribution in [0.2, 0.25) is 0 Å². The molecule has 138 heavy (non-hydrogen) atoms. The zero-order chi connectivity index (χ0) is 91.1. The van der Waals surface area contributed by atoms with Gasteiger partial charge in [-0.2, -0.15) is 0 Å². The van der Waals surface area contributed by atoms with Crippen LogP contribution in [0.5, 0.6) is 0 Å². The molecule has 0 aliphatic carbocycles. The number of nitrogens with zero attached hydrogens (tertiary/aromatic N) is 15. The lowest BCUT2D eigenvalue weighted by Crippen LogP contribution is -2.01. The number of rotatable bonds is 13. The molecule has 12 aromatic heterocycles. The Morgan fingerprint density at radius 1 is 0.145 bits per heavy atom. The highest BCUT2D eigenvalue weighted by Gasteiger charge is 2.25. The van der Waals surface area contributed by atoms with Crippen molar-refractivity contribution < 1.29 is 0 Å². The molecule has 0 radical (unpaired) electrons. The number of pyridine rings is 3. The molecule has 0 N–H and O–H groups in total. The van der Waals surface area contributed by atoms with Gasteiger partial charge in [0.05, 0.1) is 138 Å². The van der Waals surface area contributed by atoms with E-state index in [4.69, 9.17) is 44.9 Å². The normalized spacial score (nSPS) is 11.6. The van der Waals surface area contributed by atoms with E-state index in [-0.39, 0.29) is 0 Å². The Kier molecular flexibility index (Phi) is 19.5. The summed E-state index contributed by atoms with van der Waals surface area (Å²) in [6.45, 7) is 0. The lowest BCUT2D eigenvalue weighted by molar-refractivity contribution is 0.987. The summed E-state index contributed by atoms with van der Waals surface area (Å²) in [5.41, 5.74) is 30.6. The minimum absolute atomic E-state index is 0.621. The smallest absolute Gasteiger partial charge is 0.234 e. The highest BCUT2D eigenvalue weighted by atomic mass is 15.2. The van der Waals surface area contributed by atoms with Gasteiger partial charge in [-0.3, -0.25) is 14.5 Å². The van der Waals surface area contributed by atoms with Crippen LogP contribution in [0, 0.1) is 0 Å². The van der Waals surface area contributed by atoms with Crippen LogP contribution in [-0.4, -0.2) is 72.3 Å². The molecule has 28 aromatic rings. The molecule has 15 nitrogen and oxygen atoms in total. The predicted octanol–water partition coefficient (Wildman–Crippen LogP) is 29.9. The summed E-state index contributed by atoms with van der Waals surface area (Å²) in [5.74, 6) is 1.99. The van der Waals surface area contributed by atoms with Crippen molar-refractivity contribution in [3.05, 3.63) is 480 Å². The highest BCUT2D eigenvalue weighted by molar-refractivity contribution is 6.16. The molecule has 0 fully saturated rings. The molecular weight excluding hydrogens is 1690 g/mol. The molecule has 0 bridgehead atoms. The molecule has 0 aliphatic heterocycles. The van der Waals surface area contributed by atoms with E-state index in [2.05, 4.69) is 410 Å². The van der Waals surface area contributed by atoms with Gasteiger partial charge in [-0.15, -0.1) is 0 Å². The molecule has 0 saturated heterocycles. The van der Waals surface area contributed by atoms with E-state index < -0.39 is 0 Å². The summed E-state index contributed by atoms with van der Waals surface area (Å²) in [4.78, 5) is 44.1. The summed E-state index contributed by atoms with van der Waals surface area (Å²) in [7, 11) is 0. The van der Waals surface area contributed by atoms with E-state index in [1.165, 1.54) is 70.8 Å². The zero-order valence-electron chi connectivity index (χ0n) is 74.3. The van der Waals surface area contributed by atoms with Crippen LogP contribution in [0.3, 0.4) is 0 Å². The maximum Gasteiger partial charge on any atom is 0.234 e. The Balaban J connectivity index is 0.000000107. The number of aromatic nitrogens is 15. The van der Waals surface area contributed by atoms with Crippen LogP contribution in [0.25, 0.3) is 244 Å². The van der Waals surface area contributed by atoms with Crippen LogP contribution in [0.4, 0.5) is 0 Å². The van der Waals surface area contributed by atoms with Gasteiger partial charge in [-0.05, 0) is 139 Å². The third-order valence-electron chi connectivity index (χ3n) is 26.6. The van der Waals surface area contributed by atoms with E-state index in [0.29, 0.717) is 17.6 Å². The topological polar surface area (TPSA) is 146 Å². The first-order chi connectivity index (χ1) is 68.5. The van der Waals surface area contributed by atoms with Crippen molar-refractivity contribution in [2.75, 3.05) is 0 Å². The number of benzene rings is 16. The molecule has 0 amide bonds. The quantitative estimate of drug-likeness (QED) is 0.110. The van der Waals surface area contributed by atoms with Crippen LogP contribution in [-0.2, 0) is 0 Å². The molecule has 0 spiro atoms. The SMILES string of the molecule is c1ccc(-c2cc3c4ccccc4n(-c4cnc(-c5ccc(-n6c7ccccc7c7ccccc76)cc5)nc4)c3c(-c3ccccc3)n2)cc1.c1ccc(-c2cc3c4ccccc4n(-c4cnc(-c5ccc(-n6c7ccccc7c7ccccc76)cc5)nc4)c3cn2)cc1.c1ccc(-c2cc3c4ccccc4n(-c4ncc(-c5ccc(-n6c7ccccc7c7ccccc76)cc5)cn4)c3cn2)cc1. The Labute approximate surface area is 791 Å². The molecule has 0 unspecified atom stereocenters.